The van der Waals surface area contributed by atoms with Crippen molar-refractivity contribution in [1.29, 1.82) is 0 Å². The number of benzene rings is 1. The van der Waals surface area contributed by atoms with Crippen LogP contribution in [0.2, 0.25) is 0 Å². The standard InChI is InChI=1S/C21H26FN5S.HI/c1-4-23-21(24-11-16-8-9-18(22)10-17(16)14-28-3)25-12-19-13-27-15(2)6-5-7-20(27)26-19;/h5-10,13H,4,11-12,14H2,1-3H3,(H2,23,24,25);1H. The largest absolute Gasteiger partial charge is 0.357 e. The fraction of sp³-hybridized carbons (Fsp3) is 0.333. The molecule has 1 aromatic carbocycles. The molecule has 0 aliphatic rings. The summed E-state index contributed by atoms with van der Waals surface area (Å²) in [6.45, 7) is 5.93. The first-order valence-corrected chi connectivity index (χ1v) is 10.7. The summed E-state index contributed by atoms with van der Waals surface area (Å²) in [7, 11) is 0. The minimum atomic E-state index is -0.205. The molecule has 2 N–H and O–H groups in total. The lowest BCUT2D eigenvalue weighted by Gasteiger charge is -2.11. The van der Waals surface area contributed by atoms with Crippen LogP contribution < -0.4 is 10.6 Å². The average Bonchev–Trinajstić information content (AvgIpc) is 3.10. The number of hydrogen-bond donors (Lipinski definition) is 2. The van der Waals surface area contributed by atoms with Crippen molar-refractivity contribution in [2.24, 2.45) is 4.99 Å². The molecule has 0 unspecified atom stereocenters. The van der Waals surface area contributed by atoms with E-state index in [9.17, 15) is 4.39 Å². The van der Waals surface area contributed by atoms with Gasteiger partial charge in [0.05, 0.1) is 18.8 Å². The number of rotatable bonds is 7. The summed E-state index contributed by atoms with van der Waals surface area (Å²) in [5.74, 6) is 1.28. The molecule has 0 aliphatic heterocycles. The minimum Gasteiger partial charge on any atom is -0.357 e. The fourth-order valence-corrected chi connectivity index (χ4v) is 3.58. The molecule has 29 heavy (non-hydrogen) atoms. The van der Waals surface area contributed by atoms with Gasteiger partial charge in [0, 0.05) is 24.2 Å². The van der Waals surface area contributed by atoms with Crippen molar-refractivity contribution in [2.75, 3.05) is 12.8 Å². The van der Waals surface area contributed by atoms with Gasteiger partial charge in [-0.15, -0.1) is 24.0 Å². The number of halogens is 2. The first-order chi connectivity index (χ1) is 13.6. The maximum atomic E-state index is 13.5. The Bertz CT molecular complexity index is 973. The molecule has 0 aliphatic carbocycles. The monoisotopic (exact) mass is 527 g/mol. The number of thioether (sulfide) groups is 1. The van der Waals surface area contributed by atoms with Gasteiger partial charge in [-0.1, -0.05) is 12.1 Å². The average molecular weight is 527 g/mol. The highest BCUT2D eigenvalue weighted by Gasteiger charge is 2.07. The zero-order valence-corrected chi connectivity index (χ0v) is 20.1. The lowest BCUT2D eigenvalue weighted by atomic mass is 10.1. The lowest BCUT2D eigenvalue weighted by molar-refractivity contribution is 0.625. The van der Waals surface area contributed by atoms with Crippen LogP contribution >= 0.6 is 35.7 Å². The predicted octanol–water partition coefficient (Wildman–Crippen LogP) is 4.52. The van der Waals surface area contributed by atoms with Crippen molar-refractivity contribution in [3.63, 3.8) is 0 Å². The van der Waals surface area contributed by atoms with Crippen LogP contribution in [-0.2, 0) is 18.8 Å². The number of aromatic nitrogens is 2. The van der Waals surface area contributed by atoms with Crippen LogP contribution in [0.15, 0.2) is 47.6 Å². The number of hydrogen-bond acceptors (Lipinski definition) is 3. The summed E-state index contributed by atoms with van der Waals surface area (Å²) in [5, 5.41) is 6.59. The van der Waals surface area contributed by atoms with Gasteiger partial charge in [-0.3, -0.25) is 0 Å². The number of imidazole rings is 1. The SMILES string of the molecule is CCNC(=NCc1ccc(F)cc1CSC)NCc1cn2c(C)cccc2n1.I. The summed E-state index contributed by atoms with van der Waals surface area (Å²) in [6.07, 6.45) is 4.05. The molecule has 0 bridgehead atoms. The van der Waals surface area contributed by atoms with Gasteiger partial charge in [0.1, 0.15) is 11.5 Å². The van der Waals surface area contributed by atoms with E-state index in [1.807, 2.05) is 37.6 Å². The summed E-state index contributed by atoms with van der Waals surface area (Å²) >= 11 is 1.68. The molecule has 0 fully saturated rings. The van der Waals surface area contributed by atoms with Crippen LogP contribution in [0.4, 0.5) is 4.39 Å². The smallest absolute Gasteiger partial charge is 0.191 e. The lowest BCUT2D eigenvalue weighted by Crippen LogP contribution is -2.36. The van der Waals surface area contributed by atoms with Gasteiger partial charge >= 0.3 is 0 Å². The molecule has 0 spiro atoms. The van der Waals surface area contributed by atoms with E-state index in [-0.39, 0.29) is 29.8 Å². The summed E-state index contributed by atoms with van der Waals surface area (Å²) in [5.41, 5.74) is 5.06. The Hall–Kier alpha value is -1.81. The Morgan fingerprint density at radius 1 is 1.21 bits per heavy atom. The van der Waals surface area contributed by atoms with Crippen LogP contribution in [0.1, 0.15) is 29.4 Å². The second kappa shape index (κ2) is 11.4. The molecule has 0 radical (unpaired) electrons. The second-order valence-electron chi connectivity index (χ2n) is 6.52. The van der Waals surface area contributed by atoms with Gasteiger partial charge in [0.25, 0.3) is 0 Å². The third-order valence-corrected chi connectivity index (χ3v) is 5.00. The fourth-order valence-electron chi connectivity index (χ4n) is 3.00. The Morgan fingerprint density at radius 3 is 2.76 bits per heavy atom. The van der Waals surface area contributed by atoms with Crippen LogP contribution in [0.25, 0.3) is 5.65 Å². The van der Waals surface area contributed by atoms with Crippen molar-refractivity contribution in [1.82, 2.24) is 20.0 Å². The van der Waals surface area contributed by atoms with E-state index in [1.165, 1.54) is 6.07 Å². The highest BCUT2D eigenvalue weighted by Crippen LogP contribution is 2.17. The number of aliphatic imine (C=N–C) groups is 1. The summed E-state index contributed by atoms with van der Waals surface area (Å²) < 4.78 is 15.6. The molecular weight excluding hydrogens is 500 g/mol. The molecular formula is C21H27FIN5S. The molecule has 0 saturated heterocycles. The molecule has 2 aromatic heterocycles. The van der Waals surface area contributed by atoms with Gasteiger partial charge in [-0.25, -0.2) is 14.4 Å². The van der Waals surface area contributed by atoms with E-state index in [1.54, 1.807) is 17.8 Å². The van der Waals surface area contributed by atoms with Crippen LogP contribution in [0.5, 0.6) is 0 Å². The second-order valence-corrected chi connectivity index (χ2v) is 7.39. The maximum absolute atomic E-state index is 13.5. The maximum Gasteiger partial charge on any atom is 0.191 e. The highest BCUT2D eigenvalue weighted by molar-refractivity contribution is 14.0. The van der Waals surface area contributed by atoms with Crippen molar-refractivity contribution < 1.29 is 4.39 Å². The molecule has 0 saturated carbocycles. The van der Waals surface area contributed by atoms with Crippen molar-refractivity contribution >= 4 is 47.3 Å². The van der Waals surface area contributed by atoms with Gasteiger partial charge in [-0.05, 0) is 55.5 Å². The van der Waals surface area contributed by atoms with E-state index in [0.29, 0.717) is 13.1 Å². The number of aryl methyl sites for hydroxylation is 1. The van der Waals surface area contributed by atoms with Crippen molar-refractivity contribution in [3.8, 4) is 0 Å². The molecule has 3 aromatic rings. The van der Waals surface area contributed by atoms with Gasteiger partial charge in [0.2, 0.25) is 0 Å². The van der Waals surface area contributed by atoms with E-state index < -0.39 is 0 Å². The molecule has 2 heterocycles. The molecule has 8 heteroatoms. The zero-order chi connectivity index (χ0) is 19.9. The number of guanidine groups is 1. The van der Waals surface area contributed by atoms with E-state index in [0.717, 1.165) is 46.4 Å². The zero-order valence-electron chi connectivity index (χ0n) is 16.9. The minimum absolute atomic E-state index is 0. The molecule has 0 atom stereocenters. The highest BCUT2D eigenvalue weighted by atomic mass is 127. The topological polar surface area (TPSA) is 53.7 Å². The van der Waals surface area contributed by atoms with Gasteiger partial charge in [0.15, 0.2) is 5.96 Å². The third-order valence-electron chi connectivity index (χ3n) is 4.40. The van der Waals surface area contributed by atoms with Crippen molar-refractivity contribution in [2.45, 2.75) is 32.7 Å². The number of fused-ring (bicyclic) bond motifs is 1. The third kappa shape index (κ3) is 6.33. The predicted molar refractivity (Wildman–Crippen MR) is 131 cm³/mol. The molecule has 3 rings (SSSR count). The Balaban J connectivity index is 0.00000300. The Morgan fingerprint density at radius 2 is 2.03 bits per heavy atom. The van der Waals surface area contributed by atoms with E-state index in [4.69, 9.17) is 0 Å². The van der Waals surface area contributed by atoms with Crippen LogP contribution in [0.3, 0.4) is 0 Å². The summed E-state index contributed by atoms with van der Waals surface area (Å²) in [4.78, 5) is 9.32. The number of pyridine rings is 1. The molecule has 0 amide bonds. The Labute approximate surface area is 192 Å². The number of nitrogens with zero attached hydrogens (tertiary/aromatic N) is 3. The quantitative estimate of drug-likeness (QED) is 0.270. The summed E-state index contributed by atoms with van der Waals surface area (Å²) in [6, 6.07) is 11.0. The van der Waals surface area contributed by atoms with Crippen LogP contribution in [0, 0.1) is 12.7 Å². The number of nitrogens with one attached hydrogen (secondary N) is 2. The first-order valence-electron chi connectivity index (χ1n) is 9.32. The van der Waals surface area contributed by atoms with Gasteiger partial charge < -0.3 is 15.0 Å². The van der Waals surface area contributed by atoms with Gasteiger partial charge in [-0.2, -0.15) is 11.8 Å². The van der Waals surface area contributed by atoms with E-state index in [2.05, 4.69) is 38.0 Å². The van der Waals surface area contributed by atoms with Crippen LogP contribution in [-0.4, -0.2) is 28.1 Å². The Kier molecular flexibility index (Phi) is 9.22. The first kappa shape index (κ1) is 23.5. The molecule has 5 nitrogen and oxygen atoms in total. The molecule has 156 valence electrons. The van der Waals surface area contributed by atoms with Crippen molar-refractivity contribution in [3.05, 3.63) is 70.9 Å². The van der Waals surface area contributed by atoms with E-state index >= 15 is 0 Å². The normalized spacial score (nSPS) is 11.4.